The number of halogens is 2. The fourth-order valence-corrected chi connectivity index (χ4v) is 3.54. The minimum atomic E-state index is 0. The Morgan fingerprint density at radius 3 is 2.89 bits per heavy atom. The van der Waals surface area contributed by atoms with Gasteiger partial charge < -0.3 is 5.32 Å². The summed E-state index contributed by atoms with van der Waals surface area (Å²) in [6.07, 6.45) is 2.70. The van der Waals surface area contributed by atoms with Crippen LogP contribution in [-0.4, -0.2) is 31.1 Å². The SMILES string of the molecule is CCN(Cc1ccc(Cl)s1)CC1CCCNC1.Cl. The van der Waals surface area contributed by atoms with Crippen molar-refractivity contribution in [2.45, 2.75) is 26.3 Å². The highest BCUT2D eigenvalue weighted by atomic mass is 35.5. The molecule has 2 nitrogen and oxygen atoms in total. The second-order valence-corrected chi connectivity index (χ2v) is 6.55. The lowest BCUT2D eigenvalue weighted by Crippen LogP contribution is -2.37. The molecular weight excluding hydrogens is 287 g/mol. The molecule has 0 saturated carbocycles. The summed E-state index contributed by atoms with van der Waals surface area (Å²) in [7, 11) is 0. The largest absolute Gasteiger partial charge is 0.316 e. The molecule has 0 radical (unpaired) electrons. The third kappa shape index (κ3) is 5.06. The van der Waals surface area contributed by atoms with Crippen molar-refractivity contribution >= 4 is 35.3 Å². The van der Waals surface area contributed by atoms with Gasteiger partial charge in [-0.3, -0.25) is 4.90 Å². The second-order valence-electron chi connectivity index (χ2n) is 4.75. The Morgan fingerprint density at radius 1 is 1.50 bits per heavy atom. The Bertz CT molecular complexity index is 337. The maximum Gasteiger partial charge on any atom is 0.0931 e. The smallest absolute Gasteiger partial charge is 0.0931 e. The van der Waals surface area contributed by atoms with Crippen molar-refractivity contribution in [3.8, 4) is 0 Å². The molecule has 2 rings (SSSR count). The van der Waals surface area contributed by atoms with Gasteiger partial charge in [0.15, 0.2) is 0 Å². The van der Waals surface area contributed by atoms with Crippen LogP contribution in [0.25, 0.3) is 0 Å². The van der Waals surface area contributed by atoms with Crippen LogP contribution >= 0.6 is 35.3 Å². The number of hydrogen-bond donors (Lipinski definition) is 1. The zero-order valence-corrected chi connectivity index (χ0v) is 13.2. The minimum Gasteiger partial charge on any atom is -0.316 e. The molecule has 0 spiro atoms. The van der Waals surface area contributed by atoms with Crippen LogP contribution in [-0.2, 0) is 6.54 Å². The average molecular weight is 309 g/mol. The predicted octanol–water partition coefficient (Wildman–Crippen LogP) is 3.64. The predicted molar refractivity (Wildman–Crippen MR) is 83.1 cm³/mol. The molecule has 1 atom stereocenters. The first-order chi connectivity index (χ1) is 8.28. The first kappa shape index (κ1) is 16.3. The first-order valence-electron chi connectivity index (χ1n) is 6.45. The molecule has 5 heteroatoms. The van der Waals surface area contributed by atoms with Crippen molar-refractivity contribution < 1.29 is 0 Å². The van der Waals surface area contributed by atoms with Gasteiger partial charge in [-0.1, -0.05) is 18.5 Å². The molecule has 1 aromatic rings. The van der Waals surface area contributed by atoms with Crippen molar-refractivity contribution in [3.63, 3.8) is 0 Å². The highest BCUT2D eigenvalue weighted by Gasteiger charge is 2.16. The lowest BCUT2D eigenvalue weighted by Gasteiger charge is -2.29. The van der Waals surface area contributed by atoms with E-state index >= 15 is 0 Å². The van der Waals surface area contributed by atoms with E-state index in [1.165, 1.54) is 37.4 Å². The fraction of sp³-hybridized carbons (Fsp3) is 0.692. The van der Waals surface area contributed by atoms with E-state index in [0.29, 0.717) is 0 Å². The van der Waals surface area contributed by atoms with Crippen molar-refractivity contribution in [2.24, 2.45) is 5.92 Å². The Labute approximate surface area is 125 Å². The van der Waals surface area contributed by atoms with Gasteiger partial charge in [0.05, 0.1) is 4.34 Å². The van der Waals surface area contributed by atoms with Gasteiger partial charge in [-0.15, -0.1) is 23.7 Å². The monoisotopic (exact) mass is 308 g/mol. The molecule has 1 aliphatic rings. The highest BCUT2D eigenvalue weighted by molar-refractivity contribution is 7.16. The molecule has 1 unspecified atom stereocenters. The minimum absolute atomic E-state index is 0. The van der Waals surface area contributed by atoms with E-state index in [9.17, 15) is 0 Å². The molecule has 0 aliphatic carbocycles. The molecule has 1 aromatic heterocycles. The summed E-state index contributed by atoms with van der Waals surface area (Å²) in [6.45, 7) is 7.99. The quantitative estimate of drug-likeness (QED) is 0.893. The van der Waals surface area contributed by atoms with Gasteiger partial charge in [0.25, 0.3) is 0 Å². The van der Waals surface area contributed by atoms with E-state index in [1.807, 2.05) is 6.07 Å². The Balaban J connectivity index is 0.00000162. The van der Waals surface area contributed by atoms with Crippen molar-refractivity contribution in [2.75, 3.05) is 26.2 Å². The molecule has 1 aliphatic heterocycles. The van der Waals surface area contributed by atoms with Gasteiger partial charge >= 0.3 is 0 Å². The van der Waals surface area contributed by atoms with E-state index < -0.39 is 0 Å². The molecule has 0 aromatic carbocycles. The van der Waals surface area contributed by atoms with Gasteiger partial charge in [0.2, 0.25) is 0 Å². The van der Waals surface area contributed by atoms with E-state index in [4.69, 9.17) is 11.6 Å². The third-order valence-corrected chi connectivity index (χ3v) is 4.59. The third-order valence-electron chi connectivity index (χ3n) is 3.37. The van der Waals surface area contributed by atoms with Gasteiger partial charge in [0, 0.05) is 18.0 Å². The molecule has 2 heterocycles. The van der Waals surface area contributed by atoms with Crippen LogP contribution < -0.4 is 5.32 Å². The molecule has 0 bridgehead atoms. The zero-order chi connectivity index (χ0) is 12.1. The van der Waals surface area contributed by atoms with Gasteiger partial charge in [-0.25, -0.2) is 0 Å². The van der Waals surface area contributed by atoms with Crippen molar-refractivity contribution in [3.05, 3.63) is 21.3 Å². The molecule has 1 fully saturated rings. The van der Waals surface area contributed by atoms with Crippen LogP contribution in [0.15, 0.2) is 12.1 Å². The number of nitrogens with one attached hydrogen (secondary N) is 1. The number of thiophene rings is 1. The molecule has 1 saturated heterocycles. The van der Waals surface area contributed by atoms with Crippen molar-refractivity contribution in [1.29, 1.82) is 0 Å². The normalized spacial score (nSPS) is 19.8. The standard InChI is InChI=1S/C13H21ClN2S.ClH/c1-2-16(9-11-4-3-7-15-8-11)10-12-5-6-13(14)17-12;/h5-6,11,15H,2-4,7-10H2,1H3;1H. The van der Waals surface area contributed by atoms with Crippen LogP contribution in [0.2, 0.25) is 4.34 Å². The van der Waals surface area contributed by atoms with Gasteiger partial charge in [0.1, 0.15) is 0 Å². The van der Waals surface area contributed by atoms with Crippen LogP contribution in [0.3, 0.4) is 0 Å². The number of hydrogen-bond acceptors (Lipinski definition) is 3. The highest BCUT2D eigenvalue weighted by Crippen LogP contribution is 2.23. The second kappa shape index (κ2) is 8.39. The zero-order valence-electron chi connectivity index (χ0n) is 10.8. The van der Waals surface area contributed by atoms with Crippen LogP contribution in [0.5, 0.6) is 0 Å². The summed E-state index contributed by atoms with van der Waals surface area (Å²) in [5, 5.41) is 3.49. The van der Waals surface area contributed by atoms with E-state index in [0.717, 1.165) is 23.3 Å². The lowest BCUT2D eigenvalue weighted by molar-refractivity contribution is 0.211. The van der Waals surface area contributed by atoms with Gasteiger partial charge in [-0.2, -0.15) is 0 Å². The number of nitrogens with zero attached hydrogens (tertiary/aromatic N) is 1. The summed E-state index contributed by atoms with van der Waals surface area (Å²) < 4.78 is 0.899. The van der Waals surface area contributed by atoms with Gasteiger partial charge in [-0.05, 0) is 50.5 Å². The molecular formula is C13H22Cl2N2S. The van der Waals surface area contributed by atoms with E-state index in [2.05, 4.69) is 23.2 Å². The summed E-state index contributed by atoms with van der Waals surface area (Å²) in [6, 6.07) is 4.15. The number of rotatable bonds is 5. The summed E-state index contributed by atoms with van der Waals surface area (Å²) >= 11 is 7.67. The first-order valence-corrected chi connectivity index (χ1v) is 7.64. The van der Waals surface area contributed by atoms with E-state index in [-0.39, 0.29) is 12.4 Å². The Hall–Kier alpha value is 0.200. The molecule has 1 N–H and O–H groups in total. The number of piperidine rings is 1. The summed E-state index contributed by atoms with van der Waals surface area (Å²) in [5.74, 6) is 0.819. The lowest BCUT2D eigenvalue weighted by atomic mass is 9.99. The topological polar surface area (TPSA) is 15.3 Å². The molecule has 18 heavy (non-hydrogen) atoms. The average Bonchev–Trinajstić information content (AvgIpc) is 2.75. The van der Waals surface area contributed by atoms with E-state index in [1.54, 1.807) is 11.3 Å². The summed E-state index contributed by atoms with van der Waals surface area (Å²) in [4.78, 5) is 3.90. The molecule has 104 valence electrons. The molecule has 0 amide bonds. The van der Waals surface area contributed by atoms with Crippen LogP contribution in [0, 0.1) is 5.92 Å². The van der Waals surface area contributed by atoms with Crippen molar-refractivity contribution in [1.82, 2.24) is 10.2 Å². The van der Waals surface area contributed by atoms with Crippen LogP contribution in [0.1, 0.15) is 24.6 Å². The maximum absolute atomic E-state index is 5.97. The maximum atomic E-state index is 5.97. The van der Waals surface area contributed by atoms with Crippen LogP contribution in [0.4, 0.5) is 0 Å². The Morgan fingerprint density at radius 2 is 2.33 bits per heavy atom. The fourth-order valence-electron chi connectivity index (χ4n) is 2.41. The Kier molecular flexibility index (Phi) is 7.57. The summed E-state index contributed by atoms with van der Waals surface area (Å²) in [5.41, 5.74) is 0.